The predicted molar refractivity (Wildman–Crippen MR) is 271 cm³/mol. The van der Waals surface area contributed by atoms with Crippen molar-refractivity contribution in [2.24, 2.45) is 0 Å². The van der Waals surface area contributed by atoms with E-state index >= 15 is 0 Å². The van der Waals surface area contributed by atoms with Crippen LogP contribution in [0.15, 0.2) is 91.0 Å². The summed E-state index contributed by atoms with van der Waals surface area (Å²) in [5.74, 6) is -0.285. The zero-order chi connectivity index (χ0) is 50.5. The van der Waals surface area contributed by atoms with Crippen molar-refractivity contribution in [1.82, 2.24) is 10.6 Å². The number of hydrogen-bond acceptors (Lipinski definition) is 10. The highest BCUT2D eigenvalue weighted by molar-refractivity contribution is 6.10. The summed E-state index contributed by atoms with van der Waals surface area (Å²) >= 11 is 0. The largest absolute Gasteiger partial charge is 0.493 e. The van der Waals surface area contributed by atoms with Crippen LogP contribution in [-0.2, 0) is 62.9 Å². The van der Waals surface area contributed by atoms with E-state index in [1.54, 1.807) is 25.3 Å². The van der Waals surface area contributed by atoms with Gasteiger partial charge in [-0.15, -0.1) is 0 Å². The SMILES string of the molecule is CNC(=O)CCC(=O)CCC(=O)NCC(=O)CCC(=O)Nc1cc(COc2cc3c(cc2C)C(=O)N2c4ccccc4C[C@H]2CC3)cc(COc2cc3c(cc2OC)C(=O)N2c4ccccc4C[C@H]2CC3)c1. The van der Waals surface area contributed by atoms with Crippen molar-refractivity contribution in [3.05, 3.63) is 141 Å². The molecule has 4 aliphatic heterocycles. The number of ketones is 2. The van der Waals surface area contributed by atoms with Crippen LogP contribution in [-0.4, -0.2) is 73.9 Å². The second-order valence-corrected chi connectivity index (χ2v) is 19.0. The summed E-state index contributed by atoms with van der Waals surface area (Å²) in [7, 11) is 3.02. The van der Waals surface area contributed by atoms with Gasteiger partial charge in [0.1, 0.15) is 24.7 Å². The number of fused-ring (bicyclic) bond motifs is 8. The first-order valence-corrected chi connectivity index (χ1v) is 24.7. The zero-order valence-corrected chi connectivity index (χ0v) is 40.9. The first-order chi connectivity index (χ1) is 34.8. The smallest absolute Gasteiger partial charge is 0.258 e. The zero-order valence-electron chi connectivity index (χ0n) is 40.9. The maximum absolute atomic E-state index is 14.1. The molecule has 0 radical (unpaired) electrons. The molecule has 0 saturated heterocycles. The molecular weight excluding hydrogens is 915 g/mol. The van der Waals surface area contributed by atoms with Crippen LogP contribution in [0.5, 0.6) is 17.2 Å². The highest BCUT2D eigenvalue weighted by Crippen LogP contribution is 2.42. The van der Waals surface area contributed by atoms with Gasteiger partial charge in [0, 0.05) is 85.8 Å². The number of methoxy groups -OCH3 is 1. The van der Waals surface area contributed by atoms with Crippen molar-refractivity contribution < 1.29 is 47.8 Å². The molecule has 4 aliphatic rings. The Balaban J connectivity index is 0.888. The number of amides is 5. The summed E-state index contributed by atoms with van der Waals surface area (Å²) < 4.78 is 18.8. The molecule has 5 amide bonds. The number of nitrogens with zero attached hydrogens (tertiary/aromatic N) is 2. The monoisotopic (exact) mass is 973 g/mol. The number of nitrogens with one attached hydrogen (secondary N) is 3. The number of Topliss-reactive ketones (excluding diaryl/α,β-unsaturated/α-hetero) is 2. The summed E-state index contributed by atoms with van der Waals surface area (Å²) in [6.45, 7) is 1.83. The molecule has 0 fully saturated rings. The fourth-order valence-corrected chi connectivity index (χ4v) is 10.3. The normalized spacial score (nSPS) is 16.2. The number of ether oxygens (including phenoxy) is 3. The van der Waals surface area contributed by atoms with E-state index in [4.69, 9.17) is 14.2 Å². The number of carbonyl (C=O) groups excluding carboxylic acids is 7. The molecule has 15 heteroatoms. The third-order valence-corrected chi connectivity index (χ3v) is 14.1. The summed E-state index contributed by atoms with van der Waals surface area (Å²) in [5, 5.41) is 7.88. The van der Waals surface area contributed by atoms with E-state index < -0.39 is 11.8 Å². The molecule has 15 nitrogen and oxygen atoms in total. The van der Waals surface area contributed by atoms with Crippen molar-refractivity contribution in [2.75, 3.05) is 35.8 Å². The van der Waals surface area contributed by atoms with Gasteiger partial charge in [-0.2, -0.15) is 0 Å². The van der Waals surface area contributed by atoms with Gasteiger partial charge < -0.3 is 40.0 Å². The molecule has 4 heterocycles. The second-order valence-electron chi connectivity index (χ2n) is 19.0. The minimum Gasteiger partial charge on any atom is -0.493 e. The number of hydrogen-bond donors (Lipinski definition) is 3. The van der Waals surface area contributed by atoms with Crippen LogP contribution in [0.25, 0.3) is 0 Å². The minimum absolute atomic E-state index is 0.00427. The predicted octanol–water partition coefficient (Wildman–Crippen LogP) is 7.48. The van der Waals surface area contributed by atoms with Crippen molar-refractivity contribution in [3.63, 3.8) is 0 Å². The third-order valence-electron chi connectivity index (χ3n) is 14.1. The van der Waals surface area contributed by atoms with Gasteiger partial charge in [0.25, 0.3) is 11.8 Å². The van der Waals surface area contributed by atoms with Crippen LogP contribution < -0.4 is 40.0 Å². The van der Waals surface area contributed by atoms with E-state index in [9.17, 15) is 33.6 Å². The fourth-order valence-electron chi connectivity index (χ4n) is 10.3. The quantitative estimate of drug-likeness (QED) is 0.0749. The Morgan fingerprint density at radius 3 is 1.71 bits per heavy atom. The van der Waals surface area contributed by atoms with Gasteiger partial charge in [0.2, 0.25) is 17.7 Å². The lowest BCUT2D eigenvalue weighted by Crippen LogP contribution is -2.36. The molecule has 0 aromatic heterocycles. The van der Waals surface area contributed by atoms with Crippen LogP contribution in [0, 0.1) is 6.92 Å². The van der Waals surface area contributed by atoms with Crippen LogP contribution in [0.2, 0.25) is 0 Å². The average Bonchev–Trinajstić information content (AvgIpc) is 3.88. The number of benzene rings is 5. The molecule has 2 atom stereocenters. The lowest BCUT2D eigenvalue weighted by atomic mass is 9.98. The van der Waals surface area contributed by atoms with E-state index in [-0.39, 0.29) is 99.7 Å². The van der Waals surface area contributed by atoms with E-state index in [2.05, 4.69) is 28.1 Å². The number of para-hydroxylation sites is 2. The van der Waals surface area contributed by atoms with Gasteiger partial charge in [-0.3, -0.25) is 33.6 Å². The van der Waals surface area contributed by atoms with Gasteiger partial charge in [-0.1, -0.05) is 36.4 Å². The van der Waals surface area contributed by atoms with Gasteiger partial charge in [0.15, 0.2) is 17.3 Å². The molecule has 0 spiro atoms. The highest BCUT2D eigenvalue weighted by Gasteiger charge is 2.39. The lowest BCUT2D eigenvalue weighted by molar-refractivity contribution is -0.128. The van der Waals surface area contributed by atoms with E-state index in [1.807, 2.05) is 77.4 Å². The molecule has 3 N–H and O–H groups in total. The van der Waals surface area contributed by atoms with Gasteiger partial charge >= 0.3 is 0 Å². The van der Waals surface area contributed by atoms with E-state index in [0.717, 1.165) is 65.7 Å². The van der Waals surface area contributed by atoms with Gasteiger partial charge in [-0.05, 0) is 139 Å². The van der Waals surface area contributed by atoms with Crippen molar-refractivity contribution >= 4 is 58.2 Å². The van der Waals surface area contributed by atoms with Gasteiger partial charge in [0.05, 0.1) is 13.7 Å². The molecule has 72 heavy (non-hydrogen) atoms. The maximum Gasteiger partial charge on any atom is 0.258 e. The summed E-state index contributed by atoms with van der Waals surface area (Å²) in [5.41, 5.74) is 10.0. The molecule has 0 saturated carbocycles. The minimum atomic E-state index is -0.473. The number of aryl methyl sites for hydroxylation is 3. The van der Waals surface area contributed by atoms with Crippen LogP contribution >= 0.6 is 0 Å². The molecule has 9 rings (SSSR count). The van der Waals surface area contributed by atoms with Crippen LogP contribution in [0.1, 0.15) is 111 Å². The Kier molecular flexibility index (Phi) is 14.8. The molecule has 0 bridgehead atoms. The Labute approximate surface area is 418 Å². The Hall–Kier alpha value is -7.81. The Morgan fingerprint density at radius 1 is 0.583 bits per heavy atom. The van der Waals surface area contributed by atoms with E-state index in [0.29, 0.717) is 46.0 Å². The molecule has 0 aliphatic carbocycles. The highest BCUT2D eigenvalue weighted by atomic mass is 16.5. The van der Waals surface area contributed by atoms with Crippen LogP contribution in [0.3, 0.4) is 0 Å². The standard InChI is InChI=1S/C57H59N5O10/c1-34-22-46-37(12-14-42-26-39-8-4-6-10-48(39)61(42)56(46)68)28-50(34)71-32-35-23-36(25-41(24-35)60-55(67)21-18-45(64)31-59-54(66)20-17-44(63)16-19-53(65)58-2)33-72-52-29-38-13-15-43-27-40-9-5-7-11-49(40)62(43)57(69)47(38)30-51(52)70-3/h4-11,22-25,28-30,42-43H,12-21,26-27,31-33H2,1-3H3,(H,58,65)(H,59,66)(H,60,67)/t42-,43-/m1/s1. The first-order valence-electron chi connectivity index (χ1n) is 24.7. The lowest BCUT2D eigenvalue weighted by Gasteiger charge is -2.23. The average molecular weight is 974 g/mol. The van der Waals surface area contributed by atoms with Crippen molar-refractivity contribution in [3.8, 4) is 17.2 Å². The fraction of sp³-hybridized carbons (Fsp3) is 0.351. The van der Waals surface area contributed by atoms with Crippen molar-refractivity contribution in [1.29, 1.82) is 0 Å². The molecular formula is C57H59N5O10. The molecule has 0 unspecified atom stereocenters. The topological polar surface area (TPSA) is 190 Å². The summed E-state index contributed by atoms with van der Waals surface area (Å²) in [4.78, 5) is 94.0. The van der Waals surface area contributed by atoms with Crippen molar-refractivity contribution in [2.45, 2.75) is 109 Å². The Bertz CT molecular complexity index is 2980. The van der Waals surface area contributed by atoms with E-state index in [1.165, 1.54) is 18.2 Å². The van der Waals surface area contributed by atoms with Crippen LogP contribution in [0.4, 0.5) is 17.1 Å². The number of rotatable bonds is 19. The number of carbonyl (C=O) groups is 7. The summed E-state index contributed by atoms with van der Waals surface area (Å²) in [6, 6.07) is 29.3. The summed E-state index contributed by atoms with van der Waals surface area (Å²) in [6.07, 6.45) is 4.29. The number of anilines is 3. The third kappa shape index (κ3) is 10.9. The molecule has 372 valence electrons. The first kappa shape index (κ1) is 49.2. The molecule has 5 aromatic rings. The Morgan fingerprint density at radius 2 is 1.11 bits per heavy atom. The van der Waals surface area contributed by atoms with Gasteiger partial charge in [-0.25, -0.2) is 0 Å². The second kappa shape index (κ2) is 21.7. The molecule has 5 aromatic carbocycles. The maximum atomic E-state index is 14.1.